The molecule has 0 aliphatic carbocycles. The molecular weight excluding hydrogens is 266 g/mol. The molecule has 3 N–H and O–H groups in total. The lowest BCUT2D eigenvalue weighted by Crippen LogP contribution is -2.40. The van der Waals surface area contributed by atoms with Crippen LogP contribution in [0.4, 0.5) is 5.69 Å². The molecule has 1 aromatic carbocycles. The van der Waals surface area contributed by atoms with Crippen LogP contribution in [0.1, 0.15) is 31.1 Å². The quantitative estimate of drug-likeness (QED) is 0.750. The highest BCUT2D eigenvalue weighted by Gasteiger charge is 2.19. The molecule has 0 radical (unpaired) electrons. The fraction of sp³-hybridized carbons (Fsp3) is 0.500. The maximum absolute atomic E-state index is 12.0. The van der Waals surface area contributed by atoms with Gasteiger partial charge in [0.05, 0.1) is 6.54 Å². The Labute approximate surface area is 126 Å². The van der Waals surface area contributed by atoms with E-state index in [1.807, 2.05) is 11.9 Å². The predicted molar refractivity (Wildman–Crippen MR) is 85.4 cm³/mol. The Morgan fingerprint density at radius 2 is 2.00 bits per heavy atom. The van der Waals surface area contributed by atoms with Crippen molar-refractivity contribution < 1.29 is 9.59 Å². The first-order valence-electron chi connectivity index (χ1n) is 7.03. The molecule has 0 bridgehead atoms. The molecule has 1 amide bonds. The maximum atomic E-state index is 12.0. The zero-order valence-corrected chi connectivity index (χ0v) is 13.3. The molecule has 0 atom stereocenters. The molecule has 5 nitrogen and oxygen atoms in total. The molecule has 0 fully saturated rings. The van der Waals surface area contributed by atoms with Crippen molar-refractivity contribution in [2.24, 2.45) is 11.1 Å². The molecule has 5 heteroatoms. The van der Waals surface area contributed by atoms with Crippen molar-refractivity contribution >= 4 is 17.4 Å². The number of Topliss-reactive ketones (excluding diaryl/α,β-unsaturated/α-hetero) is 1. The van der Waals surface area contributed by atoms with Crippen LogP contribution >= 0.6 is 0 Å². The van der Waals surface area contributed by atoms with Gasteiger partial charge < -0.3 is 11.1 Å². The van der Waals surface area contributed by atoms with Crippen molar-refractivity contribution in [2.45, 2.75) is 20.8 Å². The summed E-state index contributed by atoms with van der Waals surface area (Å²) in [5, 5.41) is 2.81. The summed E-state index contributed by atoms with van der Waals surface area (Å²) in [6, 6.07) is 6.94. The first-order valence-corrected chi connectivity index (χ1v) is 7.03. The fourth-order valence-corrected chi connectivity index (χ4v) is 2.11. The van der Waals surface area contributed by atoms with E-state index in [1.54, 1.807) is 24.3 Å². The van der Waals surface area contributed by atoms with Gasteiger partial charge in [-0.2, -0.15) is 0 Å². The molecule has 0 aliphatic rings. The number of ketones is 1. The van der Waals surface area contributed by atoms with Crippen LogP contribution in [0.3, 0.4) is 0 Å². The Hall–Kier alpha value is -1.72. The number of nitrogens with two attached hydrogens (primary N) is 1. The summed E-state index contributed by atoms with van der Waals surface area (Å²) in [5.41, 5.74) is 6.90. The number of carbonyl (C=O) groups excluding carboxylic acids is 2. The van der Waals surface area contributed by atoms with E-state index in [0.29, 0.717) is 17.8 Å². The lowest BCUT2D eigenvalue weighted by atomic mass is 9.93. The van der Waals surface area contributed by atoms with E-state index < -0.39 is 0 Å². The average molecular weight is 291 g/mol. The van der Waals surface area contributed by atoms with Gasteiger partial charge in [-0.15, -0.1) is 0 Å². The summed E-state index contributed by atoms with van der Waals surface area (Å²) in [5.74, 6) is -0.126. The lowest BCUT2D eigenvalue weighted by molar-refractivity contribution is -0.117. The standard InChI is InChI=1S/C16H25N3O2/c1-12(20)13-6-5-7-14(8-13)18-15(21)9-19(4)11-16(2,3)10-17/h5-8H,9-11,17H2,1-4H3,(H,18,21). The molecule has 0 saturated heterocycles. The van der Waals surface area contributed by atoms with E-state index in [-0.39, 0.29) is 23.7 Å². The third-order valence-corrected chi connectivity index (χ3v) is 3.22. The number of rotatable bonds is 7. The highest BCUT2D eigenvalue weighted by atomic mass is 16.2. The minimum atomic E-state index is -0.106. The summed E-state index contributed by atoms with van der Waals surface area (Å²) < 4.78 is 0. The topological polar surface area (TPSA) is 75.4 Å². The Bertz CT molecular complexity index is 512. The molecule has 0 aromatic heterocycles. The smallest absolute Gasteiger partial charge is 0.238 e. The highest BCUT2D eigenvalue weighted by Crippen LogP contribution is 2.14. The van der Waals surface area contributed by atoms with Crippen molar-refractivity contribution in [3.63, 3.8) is 0 Å². The van der Waals surface area contributed by atoms with Crippen molar-refractivity contribution in [3.8, 4) is 0 Å². The largest absolute Gasteiger partial charge is 0.330 e. The van der Waals surface area contributed by atoms with Crippen molar-refractivity contribution in [3.05, 3.63) is 29.8 Å². The van der Waals surface area contributed by atoms with Crippen LogP contribution in [0.2, 0.25) is 0 Å². The second kappa shape index (κ2) is 7.33. The number of hydrogen-bond acceptors (Lipinski definition) is 4. The predicted octanol–water partition coefficient (Wildman–Crippen LogP) is 1.74. The lowest BCUT2D eigenvalue weighted by Gasteiger charge is -2.28. The van der Waals surface area contributed by atoms with Crippen molar-refractivity contribution in [2.75, 3.05) is 32.0 Å². The first-order chi connectivity index (χ1) is 9.73. The number of amides is 1. The number of hydrogen-bond donors (Lipinski definition) is 2. The summed E-state index contributed by atoms with van der Waals surface area (Å²) in [7, 11) is 1.89. The maximum Gasteiger partial charge on any atom is 0.238 e. The average Bonchev–Trinajstić information content (AvgIpc) is 2.37. The van der Waals surface area contributed by atoms with Gasteiger partial charge in [0.1, 0.15) is 0 Å². The SMILES string of the molecule is CC(=O)c1cccc(NC(=O)CN(C)CC(C)(C)CN)c1. The minimum Gasteiger partial charge on any atom is -0.330 e. The van der Waals surface area contributed by atoms with Gasteiger partial charge in [-0.3, -0.25) is 14.5 Å². The number of likely N-dealkylation sites (N-methyl/N-ethyl adjacent to an activating group) is 1. The van der Waals surface area contributed by atoms with Crippen LogP contribution in [-0.4, -0.2) is 43.3 Å². The molecule has 116 valence electrons. The van der Waals surface area contributed by atoms with E-state index in [0.717, 1.165) is 6.54 Å². The van der Waals surface area contributed by atoms with Gasteiger partial charge in [-0.25, -0.2) is 0 Å². The highest BCUT2D eigenvalue weighted by molar-refractivity contribution is 5.97. The summed E-state index contributed by atoms with van der Waals surface area (Å²) in [4.78, 5) is 25.3. The van der Waals surface area contributed by atoms with Crippen LogP contribution < -0.4 is 11.1 Å². The van der Waals surface area contributed by atoms with E-state index >= 15 is 0 Å². The van der Waals surface area contributed by atoms with E-state index in [1.165, 1.54) is 6.92 Å². The third-order valence-electron chi connectivity index (χ3n) is 3.22. The van der Waals surface area contributed by atoms with Gasteiger partial charge in [0, 0.05) is 17.8 Å². The second-order valence-corrected chi connectivity index (χ2v) is 6.23. The molecule has 0 saturated carbocycles. The van der Waals surface area contributed by atoms with Crippen molar-refractivity contribution in [1.82, 2.24) is 4.90 Å². The van der Waals surface area contributed by atoms with E-state index in [2.05, 4.69) is 19.2 Å². The van der Waals surface area contributed by atoms with Crippen LogP contribution in [0, 0.1) is 5.41 Å². The summed E-state index contributed by atoms with van der Waals surface area (Å²) in [6.07, 6.45) is 0. The number of nitrogens with zero attached hydrogens (tertiary/aromatic N) is 1. The number of carbonyl (C=O) groups is 2. The van der Waals surface area contributed by atoms with Crippen LogP contribution in [0.25, 0.3) is 0 Å². The molecule has 0 unspecified atom stereocenters. The Morgan fingerprint density at radius 3 is 2.57 bits per heavy atom. The van der Waals surface area contributed by atoms with Crippen LogP contribution in [0.15, 0.2) is 24.3 Å². The van der Waals surface area contributed by atoms with Gasteiger partial charge >= 0.3 is 0 Å². The Kier molecular flexibility index (Phi) is 6.05. The zero-order chi connectivity index (χ0) is 16.0. The van der Waals surface area contributed by atoms with Gasteiger partial charge in [-0.1, -0.05) is 26.0 Å². The third kappa shape index (κ3) is 6.06. The fourth-order valence-electron chi connectivity index (χ4n) is 2.11. The monoisotopic (exact) mass is 291 g/mol. The minimum absolute atomic E-state index is 0.0205. The van der Waals surface area contributed by atoms with Gasteiger partial charge in [0.15, 0.2) is 5.78 Å². The van der Waals surface area contributed by atoms with E-state index in [4.69, 9.17) is 5.73 Å². The van der Waals surface area contributed by atoms with Crippen LogP contribution in [-0.2, 0) is 4.79 Å². The summed E-state index contributed by atoms with van der Waals surface area (Å²) in [6.45, 7) is 7.23. The van der Waals surface area contributed by atoms with E-state index in [9.17, 15) is 9.59 Å². The second-order valence-electron chi connectivity index (χ2n) is 6.23. The number of nitrogens with one attached hydrogen (secondary N) is 1. The number of anilines is 1. The number of benzene rings is 1. The molecule has 1 rings (SSSR count). The molecule has 1 aromatic rings. The molecule has 0 heterocycles. The van der Waals surface area contributed by atoms with Gasteiger partial charge in [0.2, 0.25) is 5.91 Å². The molecule has 21 heavy (non-hydrogen) atoms. The van der Waals surface area contributed by atoms with Crippen LogP contribution in [0.5, 0.6) is 0 Å². The Morgan fingerprint density at radius 1 is 1.33 bits per heavy atom. The van der Waals surface area contributed by atoms with Crippen molar-refractivity contribution in [1.29, 1.82) is 0 Å². The zero-order valence-electron chi connectivity index (χ0n) is 13.3. The first kappa shape index (κ1) is 17.3. The molecule has 0 aliphatic heterocycles. The summed E-state index contributed by atoms with van der Waals surface area (Å²) >= 11 is 0. The van der Waals surface area contributed by atoms with Gasteiger partial charge in [0.25, 0.3) is 0 Å². The Balaban J connectivity index is 2.58. The molecule has 0 spiro atoms. The normalized spacial score (nSPS) is 11.5. The van der Waals surface area contributed by atoms with Gasteiger partial charge in [-0.05, 0) is 38.1 Å². The molecular formula is C16H25N3O2.